The van der Waals surface area contributed by atoms with Gasteiger partial charge in [0.15, 0.2) is 6.10 Å². The van der Waals surface area contributed by atoms with Crippen molar-refractivity contribution < 1.29 is 24.5 Å². The first kappa shape index (κ1) is 25.9. The van der Waals surface area contributed by atoms with E-state index >= 15 is 0 Å². The van der Waals surface area contributed by atoms with Crippen LogP contribution in [-0.4, -0.2) is 58.1 Å². The third-order valence-corrected chi connectivity index (χ3v) is 6.05. The number of anilines is 1. The fourth-order valence-electron chi connectivity index (χ4n) is 4.16. The third-order valence-electron chi connectivity index (χ3n) is 6.05. The van der Waals surface area contributed by atoms with Crippen LogP contribution < -0.4 is 9.64 Å². The number of nitrogens with zero attached hydrogens (tertiary/aromatic N) is 3. The summed E-state index contributed by atoms with van der Waals surface area (Å²) in [4.78, 5) is 23.8. The molecular weight excluding hydrogens is 434 g/mol. The third kappa shape index (κ3) is 6.24. The Morgan fingerprint density at radius 3 is 2.38 bits per heavy atom. The van der Waals surface area contributed by atoms with E-state index in [9.17, 15) is 9.90 Å². The molecular formula is C26H37N3O5. The van der Waals surface area contributed by atoms with Gasteiger partial charge in [-0.15, -0.1) is 0 Å². The van der Waals surface area contributed by atoms with Crippen LogP contribution in [0.2, 0.25) is 0 Å². The summed E-state index contributed by atoms with van der Waals surface area (Å²) in [7, 11) is 0. The number of ether oxygens (including phenoxy) is 2. The maximum Gasteiger partial charge on any atom is 0.337 e. The molecule has 0 aromatic carbocycles. The number of aliphatic carboxylic acids is 1. The van der Waals surface area contributed by atoms with Gasteiger partial charge in [0.25, 0.3) is 0 Å². The van der Waals surface area contributed by atoms with E-state index in [1.807, 2.05) is 33.8 Å². The van der Waals surface area contributed by atoms with Gasteiger partial charge in [0.1, 0.15) is 12.4 Å². The van der Waals surface area contributed by atoms with Crippen LogP contribution in [0, 0.1) is 12.3 Å². The van der Waals surface area contributed by atoms with E-state index < -0.39 is 17.7 Å². The Bertz CT molecular complexity index is 989. The van der Waals surface area contributed by atoms with Gasteiger partial charge >= 0.3 is 5.97 Å². The van der Waals surface area contributed by atoms with Crippen LogP contribution >= 0.6 is 0 Å². The van der Waals surface area contributed by atoms with Gasteiger partial charge < -0.3 is 24.6 Å². The Kier molecular flexibility index (Phi) is 7.83. The van der Waals surface area contributed by atoms with Crippen molar-refractivity contribution in [3.8, 4) is 17.0 Å². The predicted molar refractivity (Wildman–Crippen MR) is 131 cm³/mol. The van der Waals surface area contributed by atoms with Crippen molar-refractivity contribution in [1.82, 2.24) is 9.97 Å². The monoisotopic (exact) mass is 471 g/mol. The Labute approximate surface area is 201 Å². The molecule has 1 unspecified atom stereocenters. The fraction of sp³-hybridized carbons (Fsp3) is 0.577. The molecule has 8 nitrogen and oxygen atoms in total. The highest BCUT2D eigenvalue weighted by atomic mass is 16.5. The predicted octanol–water partition coefficient (Wildman–Crippen LogP) is 4.39. The zero-order chi connectivity index (χ0) is 25.1. The van der Waals surface area contributed by atoms with Gasteiger partial charge in [0, 0.05) is 36.1 Å². The minimum Gasteiger partial charge on any atom is -0.490 e. The van der Waals surface area contributed by atoms with Crippen LogP contribution in [-0.2, 0) is 9.53 Å². The number of aliphatic hydroxyl groups is 1. The number of aryl methyl sites for hydroxylation is 1. The molecule has 34 heavy (non-hydrogen) atoms. The highest BCUT2D eigenvalue weighted by molar-refractivity contribution is 5.85. The smallest absolute Gasteiger partial charge is 0.337 e. The summed E-state index contributed by atoms with van der Waals surface area (Å²) in [5.74, 6) is -0.491. The van der Waals surface area contributed by atoms with Crippen LogP contribution in [0.25, 0.3) is 11.3 Å². The summed E-state index contributed by atoms with van der Waals surface area (Å²) >= 11 is 0. The molecule has 3 heterocycles. The molecule has 2 aromatic heterocycles. The molecule has 1 atom stereocenters. The van der Waals surface area contributed by atoms with E-state index in [0.29, 0.717) is 22.7 Å². The standard InChI is InChI=1S/C26H37N3O5/c1-17-21(23(24(31)32)34-25(2,3)4)22(29-11-9-26(5,6)10-12-29)19(16-27-17)20-8-7-18(15-28-20)33-14-13-30/h7-8,15-16,23,30H,9-14H2,1-6H3,(H,31,32). The lowest BCUT2D eigenvalue weighted by atomic mass is 9.82. The van der Waals surface area contributed by atoms with Crippen molar-refractivity contribution >= 4 is 11.7 Å². The van der Waals surface area contributed by atoms with E-state index in [1.54, 1.807) is 18.5 Å². The molecule has 2 N–H and O–H groups in total. The van der Waals surface area contributed by atoms with Crippen LogP contribution in [0.15, 0.2) is 24.5 Å². The number of aliphatic hydroxyl groups excluding tert-OH is 1. The highest BCUT2D eigenvalue weighted by Crippen LogP contribution is 2.43. The van der Waals surface area contributed by atoms with Crippen molar-refractivity contribution in [1.29, 1.82) is 0 Å². The molecule has 1 aliphatic rings. The average Bonchev–Trinajstić information content (AvgIpc) is 2.76. The molecule has 0 spiro atoms. The molecule has 3 rings (SSSR count). The van der Waals surface area contributed by atoms with Crippen molar-refractivity contribution in [2.75, 3.05) is 31.2 Å². The zero-order valence-corrected chi connectivity index (χ0v) is 21.1. The topological polar surface area (TPSA) is 105 Å². The lowest BCUT2D eigenvalue weighted by Crippen LogP contribution is -2.39. The van der Waals surface area contributed by atoms with Gasteiger partial charge in [-0.2, -0.15) is 0 Å². The molecule has 0 saturated carbocycles. The molecule has 0 radical (unpaired) electrons. The molecule has 0 amide bonds. The van der Waals surface area contributed by atoms with Crippen molar-refractivity contribution in [2.45, 2.75) is 66.1 Å². The lowest BCUT2D eigenvalue weighted by Gasteiger charge is -2.40. The van der Waals surface area contributed by atoms with Crippen LogP contribution in [0.3, 0.4) is 0 Å². The van der Waals surface area contributed by atoms with Crippen LogP contribution in [0.5, 0.6) is 5.75 Å². The Hall–Kier alpha value is -2.71. The maximum atomic E-state index is 12.4. The second-order valence-electron chi connectivity index (χ2n) is 10.6. The molecule has 8 heteroatoms. The molecule has 0 aliphatic carbocycles. The number of hydrogen-bond acceptors (Lipinski definition) is 7. The first-order valence-corrected chi connectivity index (χ1v) is 11.8. The number of carbonyl (C=O) groups is 1. The Balaban J connectivity index is 2.16. The summed E-state index contributed by atoms with van der Waals surface area (Å²) in [6, 6.07) is 3.63. The van der Waals surface area contributed by atoms with Gasteiger partial charge in [-0.3, -0.25) is 9.97 Å². The van der Waals surface area contributed by atoms with E-state index in [1.165, 1.54) is 0 Å². The summed E-state index contributed by atoms with van der Waals surface area (Å²) in [6.07, 6.45) is 4.19. The van der Waals surface area contributed by atoms with Gasteiger partial charge in [0.05, 0.1) is 29.8 Å². The fourth-order valence-corrected chi connectivity index (χ4v) is 4.16. The number of pyridine rings is 2. The van der Waals surface area contributed by atoms with Gasteiger partial charge in [0.2, 0.25) is 0 Å². The summed E-state index contributed by atoms with van der Waals surface area (Å²) in [6.45, 7) is 13.6. The summed E-state index contributed by atoms with van der Waals surface area (Å²) < 4.78 is 11.5. The Morgan fingerprint density at radius 2 is 1.85 bits per heavy atom. The zero-order valence-electron chi connectivity index (χ0n) is 21.1. The number of piperidine rings is 1. The number of hydrogen-bond donors (Lipinski definition) is 2. The van der Waals surface area contributed by atoms with Gasteiger partial charge in [-0.25, -0.2) is 4.79 Å². The minimum atomic E-state index is -1.16. The quantitative estimate of drug-likeness (QED) is 0.584. The van der Waals surface area contributed by atoms with E-state index in [2.05, 4.69) is 28.7 Å². The van der Waals surface area contributed by atoms with E-state index in [4.69, 9.17) is 14.6 Å². The number of carboxylic acids is 1. The van der Waals surface area contributed by atoms with Crippen molar-refractivity contribution in [2.24, 2.45) is 5.41 Å². The lowest BCUT2D eigenvalue weighted by molar-refractivity contribution is -0.160. The van der Waals surface area contributed by atoms with Gasteiger partial charge in [-0.05, 0) is 58.1 Å². The van der Waals surface area contributed by atoms with Crippen molar-refractivity contribution in [3.63, 3.8) is 0 Å². The molecule has 1 aliphatic heterocycles. The second-order valence-corrected chi connectivity index (χ2v) is 10.6. The molecule has 1 fully saturated rings. The van der Waals surface area contributed by atoms with E-state index in [-0.39, 0.29) is 18.6 Å². The highest BCUT2D eigenvalue weighted by Gasteiger charge is 2.35. The first-order valence-electron chi connectivity index (χ1n) is 11.8. The Morgan fingerprint density at radius 1 is 1.18 bits per heavy atom. The normalized spacial score (nSPS) is 16.9. The second kappa shape index (κ2) is 10.3. The number of aromatic nitrogens is 2. The molecule has 2 aromatic rings. The SMILES string of the molecule is Cc1ncc(-c2ccc(OCCO)cn2)c(N2CCC(C)(C)CC2)c1C(OC(C)(C)C)C(=O)O. The summed E-state index contributed by atoms with van der Waals surface area (Å²) in [5, 5.41) is 19.2. The average molecular weight is 472 g/mol. The van der Waals surface area contributed by atoms with Crippen LogP contribution in [0.1, 0.15) is 64.8 Å². The first-order chi connectivity index (χ1) is 15.9. The van der Waals surface area contributed by atoms with Crippen molar-refractivity contribution in [3.05, 3.63) is 35.8 Å². The molecule has 1 saturated heterocycles. The maximum absolute atomic E-state index is 12.4. The van der Waals surface area contributed by atoms with Crippen LogP contribution in [0.4, 0.5) is 5.69 Å². The van der Waals surface area contributed by atoms with Gasteiger partial charge in [-0.1, -0.05) is 13.8 Å². The molecule has 186 valence electrons. The van der Waals surface area contributed by atoms with E-state index in [0.717, 1.165) is 37.2 Å². The molecule has 0 bridgehead atoms. The minimum absolute atomic E-state index is 0.0766. The summed E-state index contributed by atoms with van der Waals surface area (Å²) in [5.41, 5.74) is 3.03. The largest absolute Gasteiger partial charge is 0.490 e. The number of carboxylic acid groups (broad SMARTS) is 1. The number of rotatable bonds is 8.